The van der Waals surface area contributed by atoms with Crippen molar-refractivity contribution in [2.24, 2.45) is 0 Å². The molecule has 0 bridgehead atoms. The van der Waals surface area contributed by atoms with Crippen molar-refractivity contribution in [2.75, 3.05) is 34.0 Å². The van der Waals surface area contributed by atoms with Gasteiger partial charge >= 0.3 is 0 Å². The fraction of sp³-hybridized carbons (Fsp3) is 0.333. The molecule has 1 N–H and O–H groups in total. The fourth-order valence-electron chi connectivity index (χ4n) is 1.60. The predicted octanol–water partition coefficient (Wildman–Crippen LogP) is 2.25. The second-order valence-corrected chi connectivity index (χ2v) is 3.73. The quantitative estimate of drug-likeness (QED) is 0.555. The lowest BCUT2D eigenvalue weighted by atomic mass is 10.1. The monoisotopic (exact) mass is 280 g/mol. The molecule has 0 amide bonds. The van der Waals surface area contributed by atoms with E-state index in [2.05, 4.69) is 6.58 Å². The van der Waals surface area contributed by atoms with Gasteiger partial charge in [-0.05, 0) is 17.7 Å². The highest BCUT2D eigenvalue weighted by molar-refractivity contribution is 5.62. The zero-order valence-electron chi connectivity index (χ0n) is 11.8. The van der Waals surface area contributed by atoms with Gasteiger partial charge in [-0.2, -0.15) is 0 Å². The molecule has 20 heavy (non-hydrogen) atoms. The second-order valence-electron chi connectivity index (χ2n) is 3.73. The maximum absolute atomic E-state index is 8.81. The molecule has 0 atom stereocenters. The number of methoxy groups -OCH3 is 2. The molecular formula is C15H20O5. The van der Waals surface area contributed by atoms with Crippen LogP contribution in [0.4, 0.5) is 0 Å². The Balaban J connectivity index is 2.95. The van der Waals surface area contributed by atoms with Gasteiger partial charge in [0.05, 0.1) is 27.1 Å². The molecule has 0 saturated heterocycles. The highest BCUT2D eigenvalue weighted by Crippen LogP contribution is 2.38. The highest BCUT2D eigenvalue weighted by Gasteiger charge is 2.13. The molecule has 5 heteroatoms. The van der Waals surface area contributed by atoms with Crippen LogP contribution in [0.5, 0.6) is 17.2 Å². The molecule has 0 aliphatic rings. The van der Waals surface area contributed by atoms with Crippen LogP contribution >= 0.6 is 0 Å². The van der Waals surface area contributed by atoms with Crippen molar-refractivity contribution in [2.45, 2.75) is 0 Å². The summed E-state index contributed by atoms with van der Waals surface area (Å²) in [7, 11) is 3.11. The summed E-state index contributed by atoms with van der Waals surface area (Å²) in [5.74, 6) is 1.63. The number of benzene rings is 1. The van der Waals surface area contributed by atoms with Crippen LogP contribution in [-0.4, -0.2) is 39.1 Å². The van der Waals surface area contributed by atoms with E-state index in [0.29, 0.717) is 30.5 Å². The average molecular weight is 280 g/mol. The molecule has 110 valence electrons. The molecule has 1 aromatic rings. The van der Waals surface area contributed by atoms with Gasteiger partial charge in [0.15, 0.2) is 11.5 Å². The van der Waals surface area contributed by atoms with Crippen LogP contribution in [0.2, 0.25) is 0 Å². The van der Waals surface area contributed by atoms with Gasteiger partial charge in [0.25, 0.3) is 0 Å². The summed E-state index contributed by atoms with van der Waals surface area (Å²) < 4.78 is 21.2. The third-order valence-corrected chi connectivity index (χ3v) is 2.46. The first-order valence-corrected chi connectivity index (χ1v) is 6.15. The summed E-state index contributed by atoms with van der Waals surface area (Å²) in [6.45, 7) is 4.17. The lowest BCUT2D eigenvalue weighted by Crippen LogP contribution is -2.06. The second kappa shape index (κ2) is 8.87. The molecule has 0 saturated carbocycles. The van der Waals surface area contributed by atoms with Crippen LogP contribution in [0, 0.1) is 0 Å². The molecule has 0 aliphatic heterocycles. The van der Waals surface area contributed by atoms with E-state index >= 15 is 0 Å². The van der Waals surface area contributed by atoms with Gasteiger partial charge in [-0.15, -0.1) is 0 Å². The molecule has 0 aromatic heterocycles. The molecular weight excluding hydrogens is 260 g/mol. The van der Waals surface area contributed by atoms with Crippen LogP contribution < -0.4 is 14.2 Å². The number of ether oxygens (including phenoxy) is 4. The van der Waals surface area contributed by atoms with Crippen molar-refractivity contribution in [3.8, 4) is 17.2 Å². The zero-order valence-corrected chi connectivity index (χ0v) is 11.8. The largest absolute Gasteiger partial charge is 0.498 e. The molecule has 1 rings (SSSR count). The van der Waals surface area contributed by atoms with Gasteiger partial charge in [-0.3, -0.25) is 0 Å². The summed E-state index contributed by atoms with van der Waals surface area (Å²) in [5, 5.41) is 8.81. The molecule has 0 fully saturated rings. The zero-order chi connectivity index (χ0) is 14.8. The Morgan fingerprint density at radius 2 is 1.80 bits per heavy atom. The molecule has 1 aromatic carbocycles. The normalized spacial score (nSPS) is 10.3. The van der Waals surface area contributed by atoms with Crippen molar-refractivity contribution >= 4 is 6.08 Å². The maximum Gasteiger partial charge on any atom is 0.203 e. The van der Waals surface area contributed by atoms with E-state index < -0.39 is 0 Å². The Bertz CT molecular complexity index is 429. The smallest absolute Gasteiger partial charge is 0.203 e. The first-order chi connectivity index (χ1) is 9.76. The summed E-state index contributed by atoms with van der Waals surface area (Å²) in [6, 6.07) is 3.61. The molecule has 5 nitrogen and oxygen atoms in total. The van der Waals surface area contributed by atoms with E-state index in [1.165, 1.54) is 6.26 Å². The Kier molecular flexibility index (Phi) is 7.06. The Hall–Kier alpha value is -2.14. The van der Waals surface area contributed by atoms with Crippen molar-refractivity contribution in [3.63, 3.8) is 0 Å². The van der Waals surface area contributed by atoms with Crippen LogP contribution in [-0.2, 0) is 4.74 Å². The standard InChI is InChI=1S/C15H20O5/c1-4-19-8-9-20-15-13(17-2)10-12(6-5-7-16)11-14(15)18-3/h4-6,10-11,16H,1,7-9H2,2-3H3/b6-5+. The number of rotatable bonds is 9. The van der Waals surface area contributed by atoms with Gasteiger partial charge in [-0.25, -0.2) is 0 Å². The van der Waals surface area contributed by atoms with E-state index in [0.717, 1.165) is 5.56 Å². The first-order valence-electron chi connectivity index (χ1n) is 6.15. The molecule has 0 spiro atoms. The molecule has 0 radical (unpaired) electrons. The lowest BCUT2D eigenvalue weighted by molar-refractivity contribution is 0.172. The summed E-state index contributed by atoms with van der Waals surface area (Å²) in [4.78, 5) is 0. The summed E-state index contributed by atoms with van der Waals surface area (Å²) in [5.41, 5.74) is 0.849. The van der Waals surface area contributed by atoms with Gasteiger partial charge in [0.1, 0.15) is 13.2 Å². The summed E-state index contributed by atoms with van der Waals surface area (Å²) >= 11 is 0. The Labute approximate surface area is 119 Å². The van der Waals surface area contributed by atoms with E-state index in [1.54, 1.807) is 38.5 Å². The van der Waals surface area contributed by atoms with Crippen LogP contribution in [0.25, 0.3) is 6.08 Å². The first kappa shape index (κ1) is 15.9. The highest BCUT2D eigenvalue weighted by atomic mass is 16.6. The van der Waals surface area contributed by atoms with Gasteiger partial charge in [0, 0.05) is 0 Å². The van der Waals surface area contributed by atoms with Crippen molar-refractivity contribution < 1.29 is 24.1 Å². The Morgan fingerprint density at radius 1 is 1.15 bits per heavy atom. The van der Waals surface area contributed by atoms with E-state index in [1.807, 2.05) is 0 Å². The van der Waals surface area contributed by atoms with Crippen LogP contribution in [0.3, 0.4) is 0 Å². The van der Waals surface area contributed by atoms with Gasteiger partial charge in [-0.1, -0.05) is 18.7 Å². The lowest BCUT2D eigenvalue weighted by Gasteiger charge is -2.15. The molecule has 0 aliphatic carbocycles. The number of aliphatic hydroxyl groups is 1. The third kappa shape index (κ3) is 4.51. The maximum atomic E-state index is 8.81. The minimum Gasteiger partial charge on any atom is -0.498 e. The topological polar surface area (TPSA) is 57.2 Å². The van der Waals surface area contributed by atoms with Crippen molar-refractivity contribution in [1.82, 2.24) is 0 Å². The van der Waals surface area contributed by atoms with E-state index in [9.17, 15) is 0 Å². The van der Waals surface area contributed by atoms with Crippen molar-refractivity contribution in [3.05, 3.63) is 36.6 Å². The number of aliphatic hydroxyl groups excluding tert-OH is 1. The number of hydrogen-bond donors (Lipinski definition) is 1. The minimum absolute atomic E-state index is 0.0260. The average Bonchev–Trinajstić information content (AvgIpc) is 2.49. The number of hydrogen-bond acceptors (Lipinski definition) is 5. The van der Waals surface area contributed by atoms with Crippen LogP contribution in [0.15, 0.2) is 31.0 Å². The predicted molar refractivity (Wildman–Crippen MR) is 77.3 cm³/mol. The Morgan fingerprint density at radius 3 is 2.30 bits per heavy atom. The summed E-state index contributed by atoms with van der Waals surface area (Å²) in [6.07, 6.45) is 4.77. The fourth-order valence-corrected chi connectivity index (χ4v) is 1.60. The third-order valence-electron chi connectivity index (χ3n) is 2.46. The van der Waals surface area contributed by atoms with Crippen LogP contribution in [0.1, 0.15) is 5.56 Å². The minimum atomic E-state index is -0.0260. The molecule has 0 heterocycles. The van der Waals surface area contributed by atoms with E-state index in [4.69, 9.17) is 24.1 Å². The van der Waals surface area contributed by atoms with Gasteiger partial charge < -0.3 is 24.1 Å². The van der Waals surface area contributed by atoms with E-state index in [-0.39, 0.29) is 6.61 Å². The van der Waals surface area contributed by atoms with Crippen molar-refractivity contribution in [1.29, 1.82) is 0 Å². The van der Waals surface area contributed by atoms with Gasteiger partial charge in [0.2, 0.25) is 5.75 Å². The SMILES string of the molecule is C=COCCOc1c(OC)cc(/C=C/CO)cc1OC. The molecule has 0 unspecified atom stereocenters.